The van der Waals surface area contributed by atoms with Crippen LogP contribution in [0.4, 0.5) is 23.7 Å². The normalized spacial score (nSPS) is 11.2. The van der Waals surface area contributed by atoms with Crippen molar-refractivity contribution in [3.63, 3.8) is 0 Å². The Morgan fingerprint density at radius 1 is 1.39 bits per heavy atom. The van der Waals surface area contributed by atoms with E-state index in [4.69, 9.17) is 16.7 Å². The lowest BCUT2D eigenvalue weighted by molar-refractivity contribution is -0.137. The summed E-state index contributed by atoms with van der Waals surface area (Å²) in [6.45, 7) is -0.257. The van der Waals surface area contributed by atoms with Crippen molar-refractivity contribution in [1.29, 1.82) is 0 Å². The van der Waals surface area contributed by atoms with E-state index in [0.29, 0.717) is 0 Å². The summed E-state index contributed by atoms with van der Waals surface area (Å²) in [5, 5.41) is 12.5. The lowest BCUT2D eigenvalue weighted by atomic mass is 10.2. The van der Waals surface area contributed by atoms with Gasteiger partial charge in [-0.1, -0.05) is 11.6 Å². The number of halogens is 4. The van der Waals surface area contributed by atoms with E-state index in [2.05, 4.69) is 10.6 Å². The van der Waals surface area contributed by atoms with E-state index >= 15 is 0 Å². The average Bonchev–Trinajstić information content (AvgIpc) is 2.27. The number of hydrogen-bond donors (Lipinski definition) is 3. The lowest BCUT2D eigenvalue weighted by Gasteiger charge is -2.12. The number of amides is 2. The van der Waals surface area contributed by atoms with Crippen LogP contribution in [0.25, 0.3) is 0 Å². The molecule has 1 aromatic rings. The molecule has 0 aliphatic carbocycles. The Hall–Kier alpha value is -1.47. The van der Waals surface area contributed by atoms with Crippen LogP contribution in [0.5, 0.6) is 0 Å². The van der Waals surface area contributed by atoms with Crippen LogP contribution in [0, 0.1) is 0 Å². The number of anilines is 1. The summed E-state index contributed by atoms with van der Waals surface area (Å²) in [4.78, 5) is 11.2. The van der Waals surface area contributed by atoms with Gasteiger partial charge < -0.3 is 15.7 Å². The summed E-state index contributed by atoms with van der Waals surface area (Å²) in [5.41, 5.74) is -1.06. The van der Waals surface area contributed by atoms with Gasteiger partial charge in [-0.25, -0.2) is 4.79 Å². The molecule has 0 aliphatic rings. The number of benzene rings is 1. The minimum absolute atomic E-state index is 0.00551. The summed E-state index contributed by atoms with van der Waals surface area (Å²) in [5.74, 6) is 0. The Morgan fingerprint density at radius 2 is 2.06 bits per heavy atom. The summed E-state index contributed by atoms with van der Waals surface area (Å²) in [7, 11) is 0. The van der Waals surface area contributed by atoms with Crippen LogP contribution < -0.4 is 10.6 Å². The second-order valence-corrected chi connectivity index (χ2v) is 3.70. The monoisotopic (exact) mass is 282 g/mol. The van der Waals surface area contributed by atoms with Gasteiger partial charge in [-0.05, 0) is 18.2 Å². The van der Waals surface area contributed by atoms with Gasteiger partial charge in [0.1, 0.15) is 0 Å². The molecule has 0 heterocycles. The first-order chi connectivity index (χ1) is 8.34. The molecule has 0 saturated heterocycles. The van der Waals surface area contributed by atoms with Crippen molar-refractivity contribution in [2.24, 2.45) is 0 Å². The van der Waals surface area contributed by atoms with Crippen LogP contribution in [0.3, 0.4) is 0 Å². The number of alkyl halides is 3. The van der Waals surface area contributed by atoms with Crippen molar-refractivity contribution < 1.29 is 23.1 Å². The molecule has 8 heteroatoms. The fourth-order valence-electron chi connectivity index (χ4n) is 1.16. The molecule has 18 heavy (non-hydrogen) atoms. The molecule has 0 aromatic heterocycles. The van der Waals surface area contributed by atoms with Gasteiger partial charge in [-0.3, -0.25) is 0 Å². The van der Waals surface area contributed by atoms with E-state index in [-0.39, 0.29) is 18.8 Å². The van der Waals surface area contributed by atoms with Gasteiger partial charge in [-0.15, -0.1) is 0 Å². The van der Waals surface area contributed by atoms with Crippen LogP contribution in [0.15, 0.2) is 18.2 Å². The van der Waals surface area contributed by atoms with E-state index in [1.165, 1.54) is 6.07 Å². The standard InChI is InChI=1S/C10H10ClF3N2O2/c11-8-2-1-6(5-7(8)10(12,13)14)16-9(18)15-3-4-17/h1-2,5,17H,3-4H2,(H2,15,16,18). The SMILES string of the molecule is O=C(NCCO)Nc1ccc(Cl)c(C(F)(F)F)c1. The minimum atomic E-state index is -4.59. The van der Waals surface area contributed by atoms with Crippen molar-refractivity contribution in [1.82, 2.24) is 5.32 Å². The second kappa shape index (κ2) is 5.92. The Morgan fingerprint density at radius 3 is 2.61 bits per heavy atom. The molecule has 0 bridgehead atoms. The van der Waals surface area contributed by atoms with Crippen molar-refractivity contribution >= 4 is 23.3 Å². The molecule has 3 N–H and O–H groups in total. The molecular weight excluding hydrogens is 273 g/mol. The summed E-state index contributed by atoms with van der Waals surface area (Å²) in [6.07, 6.45) is -4.59. The molecular formula is C10H10ClF3N2O2. The van der Waals surface area contributed by atoms with Gasteiger partial charge in [0, 0.05) is 12.2 Å². The Balaban J connectivity index is 2.83. The molecule has 2 amide bonds. The first kappa shape index (κ1) is 14.6. The zero-order chi connectivity index (χ0) is 13.8. The van der Waals surface area contributed by atoms with Gasteiger partial charge >= 0.3 is 12.2 Å². The van der Waals surface area contributed by atoms with E-state index in [1.807, 2.05) is 0 Å². The number of carbonyl (C=O) groups is 1. The highest BCUT2D eigenvalue weighted by Gasteiger charge is 2.33. The number of rotatable bonds is 3. The maximum Gasteiger partial charge on any atom is 0.417 e. The van der Waals surface area contributed by atoms with Crippen LogP contribution >= 0.6 is 11.6 Å². The first-order valence-corrected chi connectivity index (χ1v) is 5.25. The van der Waals surface area contributed by atoms with Gasteiger partial charge in [0.2, 0.25) is 0 Å². The Labute approximate surface area is 106 Å². The van der Waals surface area contributed by atoms with E-state index in [9.17, 15) is 18.0 Å². The predicted molar refractivity (Wildman–Crippen MR) is 60.6 cm³/mol. The Kier molecular flexibility index (Phi) is 4.80. The molecule has 0 unspecified atom stereocenters. The Bertz CT molecular complexity index is 438. The van der Waals surface area contributed by atoms with E-state index < -0.39 is 22.8 Å². The van der Waals surface area contributed by atoms with Crippen LogP contribution in [-0.2, 0) is 6.18 Å². The van der Waals surface area contributed by atoms with Crippen molar-refractivity contribution in [3.05, 3.63) is 28.8 Å². The highest BCUT2D eigenvalue weighted by Crippen LogP contribution is 2.36. The summed E-state index contributed by atoms with van der Waals surface area (Å²) in [6, 6.07) is 2.32. The molecule has 4 nitrogen and oxygen atoms in total. The third kappa shape index (κ3) is 4.08. The number of aliphatic hydroxyl groups excluding tert-OH is 1. The highest BCUT2D eigenvalue weighted by atomic mass is 35.5. The molecule has 0 aliphatic heterocycles. The van der Waals surface area contributed by atoms with Crippen molar-refractivity contribution in [2.45, 2.75) is 6.18 Å². The number of hydrogen-bond acceptors (Lipinski definition) is 2. The predicted octanol–water partition coefficient (Wildman–Crippen LogP) is 2.47. The van der Waals surface area contributed by atoms with Crippen LogP contribution in [0.2, 0.25) is 5.02 Å². The largest absolute Gasteiger partial charge is 0.417 e. The molecule has 1 rings (SSSR count). The quantitative estimate of drug-likeness (QED) is 0.797. The smallest absolute Gasteiger partial charge is 0.395 e. The maximum atomic E-state index is 12.5. The minimum Gasteiger partial charge on any atom is -0.395 e. The maximum absolute atomic E-state index is 12.5. The molecule has 0 fully saturated rings. The summed E-state index contributed by atoms with van der Waals surface area (Å²) >= 11 is 5.42. The first-order valence-electron chi connectivity index (χ1n) is 4.87. The molecule has 0 atom stereocenters. The average molecular weight is 283 g/mol. The van der Waals surface area contributed by atoms with Crippen LogP contribution in [0.1, 0.15) is 5.56 Å². The summed E-state index contributed by atoms with van der Waals surface area (Å²) < 4.78 is 37.6. The third-order valence-electron chi connectivity index (χ3n) is 1.93. The second-order valence-electron chi connectivity index (χ2n) is 3.30. The topological polar surface area (TPSA) is 61.4 Å². The van der Waals surface area contributed by atoms with Crippen LogP contribution in [-0.4, -0.2) is 24.3 Å². The van der Waals surface area contributed by atoms with E-state index in [1.54, 1.807) is 0 Å². The molecule has 1 aromatic carbocycles. The number of nitrogens with one attached hydrogen (secondary N) is 2. The molecule has 100 valence electrons. The third-order valence-corrected chi connectivity index (χ3v) is 2.26. The van der Waals surface area contributed by atoms with E-state index in [0.717, 1.165) is 12.1 Å². The van der Waals surface area contributed by atoms with Gasteiger partial charge in [0.05, 0.1) is 17.2 Å². The molecule has 0 radical (unpaired) electrons. The molecule has 0 spiro atoms. The number of aliphatic hydroxyl groups is 1. The zero-order valence-corrected chi connectivity index (χ0v) is 9.77. The van der Waals surface area contributed by atoms with Gasteiger partial charge in [-0.2, -0.15) is 13.2 Å². The highest BCUT2D eigenvalue weighted by molar-refractivity contribution is 6.31. The molecule has 0 saturated carbocycles. The lowest BCUT2D eigenvalue weighted by Crippen LogP contribution is -2.31. The fourth-order valence-corrected chi connectivity index (χ4v) is 1.39. The zero-order valence-electron chi connectivity index (χ0n) is 9.01. The van der Waals surface area contributed by atoms with Gasteiger partial charge in [0.15, 0.2) is 0 Å². The number of urea groups is 1. The number of carbonyl (C=O) groups excluding carboxylic acids is 1. The van der Waals surface area contributed by atoms with Crippen molar-refractivity contribution in [2.75, 3.05) is 18.5 Å². The van der Waals surface area contributed by atoms with Crippen molar-refractivity contribution in [3.8, 4) is 0 Å². The fraction of sp³-hybridized carbons (Fsp3) is 0.300. The van der Waals surface area contributed by atoms with Gasteiger partial charge in [0.25, 0.3) is 0 Å².